The molecule has 0 N–H and O–H groups in total. The van der Waals surface area contributed by atoms with E-state index in [1.165, 1.54) is 0 Å². The number of ketones is 1. The van der Waals surface area contributed by atoms with Crippen LogP contribution in [0.15, 0.2) is 28.8 Å². The van der Waals surface area contributed by atoms with Gasteiger partial charge in [0, 0.05) is 6.42 Å². The van der Waals surface area contributed by atoms with Gasteiger partial charge in [-0.25, -0.2) is 0 Å². The Kier molecular flexibility index (Phi) is 2.81. The first-order valence-electron chi connectivity index (χ1n) is 5.20. The van der Waals surface area contributed by atoms with Gasteiger partial charge in [-0.3, -0.25) is 4.79 Å². The van der Waals surface area contributed by atoms with Gasteiger partial charge in [-0.15, -0.1) is 0 Å². The number of rotatable bonds is 4. The molecule has 0 radical (unpaired) electrons. The van der Waals surface area contributed by atoms with E-state index in [4.69, 9.17) is 4.52 Å². The summed E-state index contributed by atoms with van der Waals surface area (Å²) >= 11 is 0. The molecule has 1 heterocycles. The molecule has 0 saturated carbocycles. The smallest absolute Gasteiger partial charge is 0.210 e. The molecule has 0 saturated heterocycles. The van der Waals surface area contributed by atoms with Gasteiger partial charge < -0.3 is 4.52 Å². The molecule has 3 heteroatoms. The molecule has 0 aliphatic carbocycles. The van der Waals surface area contributed by atoms with E-state index in [0.717, 1.165) is 23.7 Å². The van der Waals surface area contributed by atoms with Crippen LogP contribution in [0, 0.1) is 0 Å². The number of hydrogen-bond acceptors (Lipinski definition) is 3. The van der Waals surface area contributed by atoms with Crippen molar-refractivity contribution in [3.05, 3.63) is 30.0 Å². The van der Waals surface area contributed by atoms with Gasteiger partial charge in [-0.05, 0) is 18.6 Å². The lowest BCUT2D eigenvalue weighted by Gasteiger charge is -1.94. The van der Waals surface area contributed by atoms with Gasteiger partial charge in [0.25, 0.3) is 0 Å². The molecule has 3 nitrogen and oxygen atoms in total. The Morgan fingerprint density at radius 2 is 2.20 bits per heavy atom. The maximum absolute atomic E-state index is 11.7. The van der Waals surface area contributed by atoms with Crippen molar-refractivity contribution in [3.8, 4) is 0 Å². The number of benzene rings is 1. The zero-order valence-corrected chi connectivity index (χ0v) is 8.69. The van der Waals surface area contributed by atoms with E-state index in [1.807, 2.05) is 24.3 Å². The van der Waals surface area contributed by atoms with E-state index in [9.17, 15) is 4.79 Å². The molecule has 0 bridgehead atoms. The third-order valence-corrected chi connectivity index (χ3v) is 2.39. The van der Waals surface area contributed by atoms with Gasteiger partial charge in [0.1, 0.15) is 5.52 Å². The molecule has 2 aromatic rings. The molecule has 0 atom stereocenters. The summed E-state index contributed by atoms with van der Waals surface area (Å²) < 4.78 is 5.07. The number of carbonyl (C=O) groups is 1. The molecule has 0 fully saturated rings. The number of hydrogen-bond donors (Lipinski definition) is 0. The Bertz CT molecular complexity index is 473. The van der Waals surface area contributed by atoms with Gasteiger partial charge in [-0.1, -0.05) is 30.6 Å². The number of Topliss-reactive ketones (excluding diaryl/α,β-unsaturated/α-hetero) is 1. The van der Waals surface area contributed by atoms with Gasteiger partial charge >= 0.3 is 0 Å². The maximum Gasteiger partial charge on any atom is 0.210 e. The summed E-state index contributed by atoms with van der Waals surface area (Å²) in [5.74, 6) is 0.449. The van der Waals surface area contributed by atoms with Gasteiger partial charge in [0.05, 0.1) is 5.39 Å². The second-order valence-corrected chi connectivity index (χ2v) is 3.56. The van der Waals surface area contributed by atoms with Gasteiger partial charge in [0.2, 0.25) is 11.5 Å². The van der Waals surface area contributed by atoms with Gasteiger partial charge in [0.15, 0.2) is 0 Å². The highest BCUT2D eigenvalue weighted by molar-refractivity contribution is 6.04. The number of aromatic nitrogens is 1. The average Bonchev–Trinajstić information content (AvgIpc) is 2.69. The third-order valence-electron chi connectivity index (χ3n) is 2.39. The number of fused-ring (bicyclic) bond motifs is 1. The molecule has 0 unspecified atom stereocenters. The minimum atomic E-state index is 0.0468. The minimum Gasteiger partial charge on any atom is -0.352 e. The summed E-state index contributed by atoms with van der Waals surface area (Å²) in [6.45, 7) is 2.06. The highest BCUT2D eigenvalue weighted by Crippen LogP contribution is 2.19. The molecule has 1 aromatic carbocycles. The van der Waals surface area contributed by atoms with Crippen LogP contribution in [0.1, 0.15) is 36.7 Å². The van der Waals surface area contributed by atoms with E-state index >= 15 is 0 Å². The quantitative estimate of drug-likeness (QED) is 0.716. The van der Waals surface area contributed by atoms with Crippen LogP contribution in [0.25, 0.3) is 10.9 Å². The Morgan fingerprint density at radius 1 is 1.40 bits per heavy atom. The van der Waals surface area contributed by atoms with Crippen LogP contribution in [0.2, 0.25) is 0 Å². The van der Waals surface area contributed by atoms with Crippen molar-refractivity contribution in [2.75, 3.05) is 0 Å². The van der Waals surface area contributed by atoms with E-state index in [0.29, 0.717) is 12.2 Å². The zero-order valence-electron chi connectivity index (χ0n) is 8.69. The summed E-state index contributed by atoms with van der Waals surface area (Å²) in [5, 5.41) is 4.67. The average molecular weight is 203 g/mol. The van der Waals surface area contributed by atoms with Crippen LogP contribution in [-0.2, 0) is 0 Å². The van der Waals surface area contributed by atoms with Crippen molar-refractivity contribution >= 4 is 16.7 Å². The van der Waals surface area contributed by atoms with E-state index < -0.39 is 0 Å². The number of carbonyl (C=O) groups excluding carboxylic acids is 1. The molecule has 0 amide bonds. The highest BCUT2D eigenvalue weighted by Gasteiger charge is 2.14. The van der Waals surface area contributed by atoms with Crippen molar-refractivity contribution in [2.45, 2.75) is 26.2 Å². The Morgan fingerprint density at radius 3 is 3.00 bits per heavy atom. The fraction of sp³-hybridized carbons (Fsp3) is 0.333. The maximum atomic E-state index is 11.7. The largest absolute Gasteiger partial charge is 0.352 e. The molecule has 0 aliphatic rings. The molecular formula is C12H13NO2. The first kappa shape index (κ1) is 9.90. The molecule has 78 valence electrons. The van der Waals surface area contributed by atoms with Crippen LogP contribution in [0.3, 0.4) is 0 Å². The van der Waals surface area contributed by atoms with Crippen molar-refractivity contribution in [1.29, 1.82) is 0 Å². The third kappa shape index (κ3) is 1.91. The highest BCUT2D eigenvalue weighted by atomic mass is 16.5. The Hall–Kier alpha value is -1.64. The van der Waals surface area contributed by atoms with Crippen LogP contribution in [0.4, 0.5) is 0 Å². The summed E-state index contributed by atoms with van der Waals surface area (Å²) in [6.07, 6.45) is 2.45. The topological polar surface area (TPSA) is 43.1 Å². The number of unbranched alkanes of at least 4 members (excludes halogenated alkanes) is 1. The van der Waals surface area contributed by atoms with E-state index in [1.54, 1.807) is 0 Å². The zero-order chi connectivity index (χ0) is 10.7. The lowest BCUT2D eigenvalue weighted by Crippen LogP contribution is -1.96. The second-order valence-electron chi connectivity index (χ2n) is 3.56. The number of nitrogens with zero attached hydrogens (tertiary/aromatic N) is 1. The monoisotopic (exact) mass is 203 g/mol. The summed E-state index contributed by atoms with van der Waals surface area (Å²) in [7, 11) is 0. The van der Waals surface area contributed by atoms with Crippen molar-refractivity contribution in [2.24, 2.45) is 0 Å². The fourth-order valence-corrected chi connectivity index (χ4v) is 1.54. The van der Waals surface area contributed by atoms with Crippen molar-refractivity contribution < 1.29 is 9.32 Å². The van der Waals surface area contributed by atoms with Gasteiger partial charge in [-0.2, -0.15) is 0 Å². The Labute approximate surface area is 88.1 Å². The summed E-state index contributed by atoms with van der Waals surface area (Å²) in [6, 6.07) is 7.47. The first-order valence-corrected chi connectivity index (χ1v) is 5.20. The van der Waals surface area contributed by atoms with E-state index in [2.05, 4.69) is 12.1 Å². The van der Waals surface area contributed by atoms with Crippen molar-refractivity contribution in [3.63, 3.8) is 0 Å². The SMILES string of the molecule is CCCCC(=O)c1onc2ccccc12. The summed E-state index contributed by atoms with van der Waals surface area (Å²) in [5.41, 5.74) is 0.748. The molecule has 0 spiro atoms. The van der Waals surface area contributed by atoms with E-state index in [-0.39, 0.29) is 5.78 Å². The minimum absolute atomic E-state index is 0.0468. The second kappa shape index (κ2) is 4.26. The summed E-state index contributed by atoms with van der Waals surface area (Å²) in [4.78, 5) is 11.7. The van der Waals surface area contributed by atoms with Crippen LogP contribution >= 0.6 is 0 Å². The predicted octanol–water partition coefficient (Wildman–Crippen LogP) is 3.20. The standard InChI is InChI=1S/C12H13NO2/c1-2-3-8-11(14)12-9-6-4-5-7-10(9)13-15-12/h4-7H,2-3,8H2,1H3. The fourth-order valence-electron chi connectivity index (χ4n) is 1.54. The van der Waals surface area contributed by atoms with Crippen LogP contribution < -0.4 is 0 Å². The molecule has 2 rings (SSSR count). The molecule has 15 heavy (non-hydrogen) atoms. The predicted molar refractivity (Wildman–Crippen MR) is 57.9 cm³/mol. The first-order chi connectivity index (χ1) is 7.33. The lowest BCUT2D eigenvalue weighted by molar-refractivity contribution is 0.0946. The molecular weight excluding hydrogens is 190 g/mol. The Balaban J connectivity index is 2.31. The molecule has 0 aliphatic heterocycles. The lowest BCUT2D eigenvalue weighted by atomic mass is 10.1. The van der Waals surface area contributed by atoms with Crippen LogP contribution in [-0.4, -0.2) is 10.9 Å². The molecule has 1 aromatic heterocycles. The van der Waals surface area contributed by atoms with Crippen LogP contribution in [0.5, 0.6) is 0 Å². The van der Waals surface area contributed by atoms with Crippen molar-refractivity contribution in [1.82, 2.24) is 5.16 Å². The normalized spacial score (nSPS) is 10.7.